The number of ether oxygens (including phenoxy) is 2. The summed E-state index contributed by atoms with van der Waals surface area (Å²) in [4.78, 5) is 15.8. The van der Waals surface area contributed by atoms with Gasteiger partial charge in [0.15, 0.2) is 6.29 Å². The van der Waals surface area contributed by atoms with Crippen LogP contribution in [0.15, 0.2) is 102 Å². The van der Waals surface area contributed by atoms with Crippen molar-refractivity contribution in [3.05, 3.63) is 119 Å². The van der Waals surface area contributed by atoms with Crippen molar-refractivity contribution >= 4 is 17.7 Å². The molecule has 2 N–H and O–H groups in total. The molecule has 39 heavy (non-hydrogen) atoms. The molecule has 1 amide bonds. The summed E-state index contributed by atoms with van der Waals surface area (Å²) in [5, 5.41) is 13.3. The first kappa shape index (κ1) is 27.1. The molecule has 3 aromatic carbocycles. The van der Waals surface area contributed by atoms with Crippen LogP contribution in [0, 0.1) is 0 Å². The third-order valence-electron chi connectivity index (χ3n) is 6.63. The van der Waals surface area contributed by atoms with Crippen molar-refractivity contribution in [2.24, 2.45) is 0 Å². The lowest BCUT2D eigenvalue weighted by Gasteiger charge is -2.36. The summed E-state index contributed by atoms with van der Waals surface area (Å²) in [6.07, 6.45) is 1.81. The number of aromatic nitrogens is 1. The van der Waals surface area contributed by atoms with E-state index in [4.69, 9.17) is 9.47 Å². The molecule has 1 saturated heterocycles. The predicted octanol–water partition coefficient (Wildman–Crippen LogP) is 6.21. The van der Waals surface area contributed by atoms with Crippen LogP contribution in [0.4, 0.5) is 0 Å². The zero-order valence-corrected chi connectivity index (χ0v) is 22.6. The Kier molecular flexibility index (Phi) is 9.06. The number of benzene rings is 3. The third kappa shape index (κ3) is 7.34. The van der Waals surface area contributed by atoms with Crippen molar-refractivity contribution in [2.75, 3.05) is 5.75 Å². The maximum atomic E-state index is 11.4. The second-order valence-electron chi connectivity index (χ2n) is 9.56. The van der Waals surface area contributed by atoms with Crippen molar-refractivity contribution in [1.82, 2.24) is 10.3 Å². The highest BCUT2D eigenvalue weighted by Crippen LogP contribution is 2.40. The van der Waals surface area contributed by atoms with E-state index < -0.39 is 6.29 Å². The number of carbonyl (C=O) groups excluding carboxylic acids is 1. The number of hydrogen-bond donors (Lipinski definition) is 2. The Labute approximate surface area is 233 Å². The molecule has 0 unspecified atom stereocenters. The van der Waals surface area contributed by atoms with Gasteiger partial charge in [0.25, 0.3) is 0 Å². The van der Waals surface area contributed by atoms with E-state index in [9.17, 15) is 9.90 Å². The maximum Gasteiger partial charge on any atom is 0.217 e. The highest BCUT2D eigenvalue weighted by atomic mass is 32.2. The summed E-state index contributed by atoms with van der Waals surface area (Å²) < 4.78 is 13.0. The van der Waals surface area contributed by atoms with Crippen LogP contribution in [0.1, 0.15) is 48.0 Å². The number of nitrogens with one attached hydrogen (secondary N) is 1. The van der Waals surface area contributed by atoms with Gasteiger partial charge in [-0.15, -0.1) is 11.8 Å². The van der Waals surface area contributed by atoms with Crippen LogP contribution in [-0.4, -0.2) is 27.9 Å². The van der Waals surface area contributed by atoms with E-state index >= 15 is 0 Å². The van der Waals surface area contributed by atoms with Gasteiger partial charge >= 0.3 is 0 Å². The van der Waals surface area contributed by atoms with E-state index in [1.165, 1.54) is 6.92 Å². The predicted molar refractivity (Wildman–Crippen MR) is 153 cm³/mol. The second-order valence-corrected chi connectivity index (χ2v) is 10.6. The van der Waals surface area contributed by atoms with Crippen molar-refractivity contribution in [3.8, 4) is 11.1 Å². The van der Waals surface area contributed by atoms with Crippen molar-refractivity contribution in [3.63, 3.8) is 0 Å². The lowest BCUT2D eigenvalue weighted by molar-refractivity contribution is -0.245. The minimum absolute atomic E-state index is 0.0136. The van der Waals surface area contributed by atoms with Gasteiger partial charge in [0.05, 0.1) is 23.8 Å². The third-order valence-corrected chi connectivity index (χ3v) is 7.71. The van der Waals surface area contributed by atoms with Crippen LogP contribution >= 0.6 is 11.8 Å². The molecule has 200 valence electrons. The number of hydrogen-bond acceptors (Lipinski definition) is 6. The summed E-state index contributed by atoms with van der Waals surface area (Å²) in [7, 11) is 0. The van der Waals surface area contributed by atoms with Crippen LogP contribution in [0.5, 0.6) is 0 Å². The molecule has 1 fully saturated rings. The quantitative estimate of drug-likeness (QED) is 0.246. The molecule has 7 heteroatoms. The first-order valence-corrected chi connectivity index (χ1v) is 14.0. The molecule has 0 saturated carbocycles. The Morgan fingerprint density at radius 2 is 1.72 bits per heavy atom. The average molecular weight is 541 g/mol. The van der Waals surface area contributed by atoms with Gasteiger partial charge in [0, 0.05) is 37.4 Å². The molecule has 1 aliphatic heterocycles. The minimum Gasteiger partial charge on any atom is -0.392 e. The lowest BCUT2D eigenvalue weighted by Crippen LogP contribution is -2.31. The van der Waals surface area contributed by atoms with Gasteiger partial charge in [0.1, 0.15) is 0 Å². The molecular weight excluding hydrogens is 508 g/mol. The zero-order valence-electron chi connectivity index (χ0n) is 21.8. The number of nitrogens with zero attached hydrogens (tertiary/aromatic N) is 1. The highest BCUT2D eigenvalue weighted by Gasteiger charge is 2.32. The Morgan fingerprint density at radius 3 is 2.46 bits per heavy atom. The first-order chi connectivity index (χ1) is 19.1. The average Bonchev–Trinajstić information content (AvgIpc) is 2.99. The molecular formula is C32H32N2O4S. The molecule has 3 atom stereocenters. The van der Waals surface area contributed by atoms with Gasteiger partial charge in [-0.05, 0) is 52.1 Å². The number of thioether (sulfide) groups is 1. The number of pyridine rings is 1. The van der Waals surface area contributed by atoms with Crippen LogP contribution in [0.25, 0.3) is 11.1 Å². The molecule has 0 radical (unpaired) electrons. The summed E-state index contributed by atoms with van der Waals surface area (Å²) in [5.41, 5.74) is 6.04. The molecule has 0 aliphatic carbocycles. The number of aliphatic hydroxyl groups is 1. The topological polar surface area (TPSA) is 80.7 Å². The summed E-state index contributed by atoms with van der Waals surface area (Å²) >= 11 is 1.68. The monoisotopic (exact) mass is 540 g/mol. The highest BCUT2D eigenvalue weighted by molar-refractivity contribution is 7.99. The molecule has 6 nitrogen and oxygen atoms in total. The van der Waals surface area contributed by atoms with Gasteiger partial charge in [-0.25, -0.2) is 4.98 Å². The Hall–Kier alpha value is -3.49. The summed E-state index contributed by atoms with van der Waals surface area (Å²) in [6, 6.07) is 30.3. The molecule has 0 spiro atoms. The lowest BCUT2D eigenvalue weighted by atomic mass is 9.99. The van der Waals surface area contributed by atoms with Gasteiger partial charge < -0.3 is 19.9 Å². The zero-order chi connectivity index (χ0) is 27.0. The fourth-order valence-corrected chi connectivity index (χ4v) is 5.47. The minimum atomic E-state index is -0.530. The molecule has 5 rings (SSSR count). The summed E-state index contributed by atoms with van der Waals surface area (Å²) in [5.74, 6) is 0.706. The maximum absolute atomic E-state index is 11.4. The van der Waals surface area contributed by atoms with E-state index in [0.717, 1.165) is 50.6 Å². The molecule has 2 heterocycles. The summed E-state index contributed by atoms with van der Waals surface area (Å²) in [6.45, 7) is 2.03. The first-order valence-electron chi connectivity index (χ1n) is 13.1. The second kappa shape index (κ2) is 13.0. The van der Waals surface area contributed by atoms with Crippen molar-refractivity contribution < 1.29 is 19.4 Å². The van der Waals surface area contributed by atoms with Crippen LogP contribution in [-0.2, 0) is 27.4 Å². The molecule has 0 bridgehead atoms. The standard InChI is InChI=1S/C32H32N2O4S/c1-22(36)34-19-24-6-4-7-26(16-24)27-8-5-9-28(17-27)32-37-29(21-39-31-10-2-3-15-33-31)18-30(38-32)25-13-11-23(20-35)12-14-25/h2-17,29-30,32,35H,18-21H2,1H3,(H,34,36)/t29-,30+,32+/m1/s1. The molecule has 1 aromatic heterocycles. The Morgan fingerprint density at radius 1 is 0.923 bits per heavy atom. The normalized spacial score (nSPS) is 19.0. The van der Waals surface area contributed by atoms with Crippen molar-refractivity contribution in [2.45, 2.75) is 50.0 Å². The smallest absolute Gasteiger partial charge is 0.217 e. The number of aliphatic hydroxyl groups excluding tert-OH is 1. The van der Waals surface area contributed by atoms with E-state index in [-0.39, 0.29) is 24.7 Å². The van der Waals surface area contributed by atoms with Gasteiger partial charge in [-0.3, -0.25) is 4.79 Å². The molecule has 1 aliphatic rings. The molecule has 4 aromatic rings. The van der Waals surface area contributed by atoms with Crippen molar-refractivity contribution in [1.29, 1.82) is 0 Å². The van der Waals surface area contributed by atoms with Crippen LogP contribution in [0.2, 0.25) is 0 Å². The van der Waals surface area contributed by atoms with Crippen LogP contribution in [0.3, 0.4) is 0 Å². The number of amides is 1. The SMILES string of the molecule is CC(=O)NCc1cccc(-c2cccc([C@H]3O[C@@H](CSc4ccccn4)C[C@@H](c4ccc(CO)cc4)O3)c2)c1. The van der Waals surface area contributed by atoms with E-state index in [1.54, 1.807) is 18.0 Å². The van der Waals surface area contributed by atoms with E-state index in [0.29, 0.717) is 6.54 Å². The van der Waals surface area contributed by atoms with E-state index in [1.807, 2.05) is 66.7 Å². The van der Waals surface area contributed by atoms with Gasteiger partial charge in [0.2, 0.25) is 5.91 Å². The fraction of sp³-hybridized carbons (Fsp3) is 0.250. The Balaban J connectivity index is 1.38. The fourth-order valence-electron chi connectivity index (χ4n) is 4.59. The number of rotatable bonds is 9. The van der Waals surface area contributed by atoms with Crippen LogP contribution < -0.4 is 5.32 Å². The Bertz CT molecular complexity index is 1380. The van der Waals surface area contributed by atoms with Gasteiger partial charge in [-0.2, -0.15) is 0 Å². The van der Waals surface area contributed by atoms with E-state index in [2.05, 4.69) is 34.6 Å². The number of carbonyl (C=O) groups is 1. The largest absolute Gasteiger partial charge is 0.392 e. The van der Waals surface area contributed by atoms with Gasteiger partial charge in [-0.1, -0.05) is 66.7 Å².